The molecule has 2 N–H and O–H groups in total. The molecule has 0 saturated heterocycles. The van der Waals surface area contributed by atoms with Gasteiger partial charge in [-0.1, -0.05) is 17.4 Å². The molecule has 3 aromatic rings. The highest BCUT2D eigenvalue weighted by Gasteiger charge is 2.30. The van der Waals surface area contributed by atoms with Gasteiger partial charge in [-0.2, -0.15) is 0 Å². The number of thiazole rings is 1. The summed E-state index contributed by atoms with van der Waals surface area (Å²) in [7, 11) is 0. The van der Waals surface area contributed by atoms with Crippen molar-refractivity contribution < 1.29 is 14.3 Å². The maximum Gasteiger partial charge on any atom is 0.411 e. The summed E-state index contributed by atoms with van der Waals surface area (Å²) in [6, 6.07) is 7.75. The second-order valence-electron chi connectivity index (χ2n) is 7.31. The van der Waals surface area contributed by atoms with E-state index in [4.69, 9.17) is 4.74 Å². The summed E-state index contributed by atoms with van der Waals surface area (Å²) in [6.07, 6.45) is 3.49. The van der Waals surface area contributed by atoms with Crippen molar-refractivity contribution in [2.45, 2.75) is 39.7 Å². The first kappa shape index (κ1) is 19.3. The van der Waals surface area contributed by atoms with E-state index in [0.29, 0.717) is 16.7 Å². The smallest absolute Gasteiger partial charge is 0.411 e. The Morgan fingerprint density at radius 2 is 2.00 bits per heavy atom. The Bertz CT molecular complexity index is 1090. The monoisotopic (exact) mass is 410 g/mol. The summed E-state index contributed by atoms with van der Waals surface area (Å²) >= 11 is 1.41. The van der Waals surface area contributed by atoms with E-state index in [-0.39, 0.29) is 12.0 Å². The van der Waals surface area contributed by atoms with Crippen molar-refractivity contribution in [3.8, 4) is 11.1 Å². The van der Waals surface area contributed by atoms with Gasteiger partial charge in [-0.25, -0.2) is 9.78 Å². The van der Waals surface area contributed by atoms with Crippen LogP contribution in [0.4, 0.5) is 15.6 Å². The van der Waals surface area contributed by atoms with Gasteiger partial charge in [0.2, 0.25) is 5.91 Å². The topological polar surface area (TPSA) is 93.2 Å². The Balaban J connectivity index is 1.55. The molecule has 2 heterocycles. The van der Waals surface area contributed by atoms with Crippen molar-refractivity contribution in [3.05, 3.63) is 36.2 Å². The second-order valence-corrected chi connectivity index (χ2v) is 8.34. The van der Waals surface area contributed by atoms with Crippen molar-refractivity contribution in [2.75, 3.05) is 10.6 Å². The zero-order valence-corrected chi connectivity index (χ0v) is 17.3. The van der Waals surface area contributed by atoms with Gasteiger partial charge < -0.3 is 10.1 Å². The number of hydrogen-bond acceptors (Lipinski definition) is 6. The van der Waals surface area contributed by atoms with Crippen molar-refractivity contribution in [3.63, 3.8) is 0 Å². The summed E-state index contributed by atoms with van der Waals surface area (Å²) in [6.45, 7) is 5.23. The Kier molecular flexibility index (Phi) is 5.19. The molecule has 1 saturated carbocycles. The van der Waals surface area contributed by atoms with Crippen LogP contribution in [0, 0.1) is 12.8 Å². The Labute approximate surface area is 172 Å². The van der Waals surface area contributed by atoms with Gasteiger partial charge >= 0.3 is 6.09 Å². The Morgan fingerprint density at radius 3 is 2.72 bits per heavy atom. The van der Waals surface area contributed by atoms with Gasteiger partial charge in [0.1, 0.15) is 6.10 Å². The van der Waals surface area contributed by atoms with E-state index in [2.05, 4.69) is 20.6 Å². The van der Waals surface area contributed by atoms with Gasteiger partial charge in [0, 0.05) is 18.7 Å². The molecule has 8 heteroatoms. The van der Waals surface area contributed by atoms with Crippen molar-refractivity contribution >= 4 is 44.4 Å². The van der Waals surface area contributed by atoms with Gasteiger partial charge in [-0.15, -0.1) is 0 Å². The van der Waals surface area contributed by atoms with Gasteiger partial charge in [0.25, 0.3) is 0 Å². The molecule has 4 rings (SSSR count). The lowest BCUT2D eigenvalue weighted by molar-refractivity contribution is -0.114. The lowest BCUT2D eigenvalue weighted by Crippen LogP contribution is -2.22. The molecule has 0 aliphatic heterocycles. The molecule has 2 aromatic heterocycles. The molecule has 29 heavy (non-hydrogen) atoms. The number of nitrogens with zero attached hydrogens (tertiary/aromatic N) is 2. The summed E-state index contributed by atoms with van der Waals surface area (Å²) in [5.74, 6) is 0.338. The number of aromatic nitrogens is 2. The molecule has 2 amide bonds. The van der Waals surface area contributed by atoms with E-state index in [1.807, 2.05) is 38.1 Å². The van der Waals surface area contributed by atoms with E-state index >= 15 is 0 Å². The van der Waals surface area contributed by atoms with Crippen LogP contribution in [0.1, 0.15) is 32.4 Å². The highest BCUT2D eigenvalue weighted by atomic mass is 32.1. The Hall–Kier alpha value is -3.00. The predicted octanol–water partition coefficient (Wildman–Crippen LogP) is 4.97. The van der Waals surface area contributed by atoms with Crippen LogP contribution < -0.4 is 10.6 Å². The van der Waals surface area contributed by atoms with Gasteiger partial charge in [0.15, 0.2) is 5.13 Å². The summed E-state index contributed by atoms with van der Waals surface area (Å²) < 4.78 is 6.41. The molecule has 1 aliphatic rings. The molecule has 1 aromatic carbocycles. The molecule has 7 nitrogen and oxygen atoms in total. The van der Waals surface area contributed by atoms with Gasteiger partial charge in [-0.05, 0) is 56.4 Å². The fraction of sp³-hybridized carbons (Fsp3) is 0.333. The number of aryl methyl sites for hydroxylation is 1. The van der Waals surface area contributed by atoms with E-state index in [1.54, 1.807) is 6.20 Å². The number of amides is 2. The van der Waals surface area contributed by atoms with Crippen LogP contribution in [-0.2, 0) is 9.53 Å². The fourth-order valence-electron chi connectivity index (χ4n) is 3.10. The molecule has 0 spiro atoms. The van der Waals surface area contributed by atoms with Crippen molar-refractivity contribution in [1.82, 2.24) is 9.97 Å². The zero-order chi connectivity index (χ0) is 20.5. The third-order valence-corrected chi connectivity index (χ3v) is 5.84. The number of rotatable bonds is 5. The van der Waals surface area contributed by atoms with Gasteiger partial charge in [-0.3, -0.25) is 15.1 Å². The molecular formula is C21H22N4O3S. The van der Waals surface area contributed by atoms with Crippen LogP contribution in [0.2, 0.25) is 0 Å². The lowest BCUT2D eigenvalue weighted by atomic mass is 10.1. The van der Waals surface area contributed by atoms with Gasteiger partial charge in [0.05, 0.1) is 21.6 Å². The van der Waals surface area contributed by atoms with E-state index in [0.717, 1.165) is 39.9 Å². The summed E-state index contributed by atoms with van der Waals surface area (Å²) in [4.78, 5) is 32.3. The zero-order valence-electron chi connectivity index (χ0n) is 16.5. The molecular weight excluding hydrogens is 388 g/mol. The number of nitrogens with one attached hydrogen (secondary N) is 2. The fourth-order valence-corrected chi connectivity index (χ4v) is 4.05. The largest absolute Gasteiger partial charge is 0.446 e. The lowest BCUT2D eigenvalue weighted by Gasteiger charge is -2.14. The molecule has 0 bridgehead atoms. The number of carbonyl (C=O) groups excluding carboxylic acids is 2. The molecule has 1 unspecified atom stereocenters. The SMILES string of the molecule is CC(=O)Nc1nc2ccc(-c3cnc(C)c(NC(=O)OC(C)C4CC4)c3)cc2s1. The first-order valence-corrected chi connectivity index (χ1v) is 10.3. The predicted molar refractivity (Wildman–Crippen MR) is 114 cm³/mol. The number of hydrogen-bond donors (Lipinski definition) is 2. The molecule has 1 aliphatic carbocycles. The first-order chi connectivity index (χ1) is 13.9. The third kappa shape index (κ3) is 4.54. The minimum absolute atomic E-state index is 0.0713. The number of benzene rings is 1. The number of fused-ring (bicyclic) bond motifs is 1. The first-order valence-electron chi connectivity index (χ1n) is 9.52. The average Bonchev–Trinajstić information content (AvgIpc) is 3.43. The summed E-state index contributed by atoms with van der Waals surface area (Å²) in [5.41, 5.74) is 3.98. The maximum absolute atomic E-state index is 12.2. The van der Waals surface area contributed by atoms with Crippen LogP contribution in [-0.4, -0.2) is 28.1 Å². The summed E-state index contributed by atoms with van der Waals surface area (Å²) in [5, 5.41) is 6.10. The normalized spacial score (nSPS) is 14.4. The highest BCUT2D eigenvalue weighted by Crippen LogP contribution is 2.34. The number of ether oxygens (including phenoxy) is 1. The van der Waals surface area contributed by atoms with Crippen LogP contribution in [0.25, 0.3) is 21.3 Å². The quantitative estimate of drug-likeness (QED) is 0.619. The molecule has 150 valence electrons. The maximum atomic E-state index is 12.2. The number of anilines is 2. The second kappa shape index (κ2) is 7.79. The average molecular weight is 410 g/mol. The molecule has 0 radical (unpaired) electrons. The molecule has 1 fully saturated rings. The van der Waals surface area contributed by atoms with Crippen molar-refractivity contribution in [1.29, 1.82) is 0 Å². The molecule has 1 atom stereocenters. The van der Waals surface area contributed by atoms with Crippen LogP contribution >= 0.6 is 11.3 Å². The van der Waals surface area contributed by atoms with E-state index < -0.39 is 6.09 Å². The minimum atomic E-state index is -0.454. The highest BCUT2D eigenvalue weighted by molar-refractivity contribution is 7.22. The third-order valence-electron chi connectivity index (χ3n) is 4.91. The van der Waals surface area contributed by atoms with E-state index in [9.17, 15) is 9.59 Å². The van der Waals surface area contributed by atoms with Crippen LogP contribution in [0.5, 0.6) is 0 Å². The van der Waals surface area contributed by atoms with E-state index in [1.165, 1.54) is 18.3 Å². The standard InChI is InChI=1S/C21H22N4O3S/c1-11-18(25-21(27)28-12(2)14-4-5-14)8-16(10-22-11)15-6-7-17-19(9-15)29-20(24-17)23-13(3)26/h6-10,12,14H,4-5H2,1-3H3,(H,25,27)(H,23,24,26). The number of pyridine rings is 1. The Morgan fingerprint density at radius 1 is 1.21 bits per heavy atom. The minimum Gasteiger partial charge on any atom is -0.446 e. The van der Waals surface area contributed by atoms with Crippen LogP contribution in [0.15, 0.2) is 30.5 Å². The number of carbonyl (C=O) groups is 2. The van der Waals surface area contributed by atoms with Crippen LogP contribution in [0.3, 0.4) is 0 Å². The van der Waals surface area contributed by atoms with Crippen molar-refractivity contribution in [2.24, 2.45) is 5.92 Å².